The topological polar surface area (TPSA) is 92.3 Å². The molecule has 11 heteroatoms. The molecule has 1 fully saturated rings. The van der Waals surface area contributed by atoms with Gasteiger partial charge in [-0.15, -0.1) is 0 Å². The van der Waals surface area contributed by atoms with E-state index < -0.39 is 10.0 Å². The molecule has 1 aliphatic rings. The number of benzene rings is 2. The molecule has 1 aromatic heterocycles. The molecule has 1 aliphatic heterocycles. The Bertz CT molecular complexity index is 1330. The highest BCUT2D eigenvalue weighted by atomic mass is 32.2. The number of amides is 1. The number of sulfonamides is 1. The number of methoxy groups -OCH3 is 1. The predicted octanol–water partition coefficient (Wildman–Crippen LogP) is 4.09. The van der Waals surface area contributed by atoms with E-state index in [1.807, 2.05) is 39.2 Å². The Kier molecular flexibility index (Phi) is 9.24. The molecule has 0 N–H and O–H groups in total. The minimum Gasteiger partial charge on any atom is -0.497 e. The number of para-hydroxylation sites is 1. The molecule has 4 rings (SSSR count). The number of fused-ring (bicyclic) bond motifs is 1. The van der Waals surface area contributed by atoms with Crippen molar-refractivity contribution >= 4 is 42.6 Å². The molecular weight excluding hydrogens is 524 g/mol. The number of thiazole rings is 1. The summed E-state index contributed by atoms with van der Waals surface area (Å²) < 4.78 is 39.7. The van der Waals surface area contributed by atoms with Crippen molar-refractivity contribution in [2.75, 3.05) is 58.9 Å². The number of piperidine rings is 1. The van der Waals surface area contributed by atoms with Crippen LogP contribution in [0.5, 0.6) is 11.5 Å². The highest BCUT2D eigenvalue weighted by Crippen LogP contribution is 2.36. The van der Waals surface area contributed by atoms with E-state index in [0.717, 1.165) is 23.2 Å². The maximum Gasteiger partial charge on any atom is 0.243 e. The van der Waals surface area contributed by atoms with Gasteiger partial charge in [-0.3, -0.25) is 9.69 Å². The standard InChI is InChI=1S/C27H36N4O5S2/c1-5-36-23-8-6-9-24-25(23)28-27(37-24)31(17-7-16-29(2)3)26(32)20-14-18-30(19-15-20)38(33,34)22-12-10-21(35-4)11-13-22/h6,8-13,20H,5,7,14-19H2,1-4H3. The van der Waals surface area contributed by atoms with E-state index >= 15 is 0 Å². The van der Waals surface area contributed by atoms with E-state index in [1.165, 1.54) is 15.6 Å². The van der Waals surface area contributed by atoms with Gasteiger partial charge in [0.15, 0.2) is 5.13 Å². The van der Waals surface area contributed by atoms with Crippen LogP contribution in [0.2, 0.25) is 0 Å². The first-order chi connectivity index (χ1) is 18.2. The molecule has 206 valence electrons. The second-order valence-electron chi connectivity index (χ2n) is 9.53. The molecule has 0 bridgehead atoms. The van der Waals surface area contributed by atoms with Crippen LogP contribution < -0.4 is 14.4 Å². The van der Waals surface area contributed by atoms with Crippen LogP contribution in [0.1, 0.15) is 26.2 Å². The van der Waals surface area contributed by atoms with Crippen molar-refractivity contribution in [3.8, 4) is 11.5 Å². The van der Waals surface area contributed by atoms with Crippen molar-refractivity contribution in [3.63, 3.8) is 0 Å². The van der Waals surface area contributed by atoms with Gasteiger partial charge < -0.3 is 14.4 Å². The number of rotatable bonds is 11. The smallest absolute Gasteiger partial charge is 0.243 e. The summed E-state index contributed by atoms with van der Waals surface area (Å²) in [4.78, 5) is 22.8. The molecule has 1 saturated heterocycles. The first-order valence-corrected chi connectivity index (χ1v) is 15.1. The quantitative estimate of drug-likeness (QED) is 0.349. The Morgan fingerprint density at radius 1 is 1.11 bits per heavy atom. The normalized spacial score (nSPS) is 15.2. The molecule has 0 radical (unpaired) electrons. The number of aromatic nitrogens is 1. The molecule has 38 heavy (non-hydrogen) atoms. The summed E-state index contributed by atoms with van der Waals surface area (Å²) >= 11 is 1.49. The Balaban J connectivity index is 1.51. The molecular formula is C27H36N4O5S2. The first kappa shape index (κ1) is 28.3. The van der Waals surface area contributed by atoms with E-state index in [9.17, 15) is 13.2 Å². The molecule has 0 aliphatic carbocycles. The second-order valence-corrected chi connectivity index (χ2v) is 12.5. The maximum atomic E-state index is 13.8. The summed E-state index contributed by atoms with van der Waals surface area (Å²) in [6.45, 7) is 4.46. The van der Waals surface area contributed by atoms with Crippen LogP contribution in [0.3, 0.4) is 0 Å². The molecule has 2 aromatic carbocycles. The average molecular weight is 561 g/mol. The van der Waals surface area contributed by atoms with Crippen LogP contribution in [-0.2, 0) is 14.8 Å². The van der Waals surface area contributed by atoms with Crippen molar-refractivity contribution in [1.29, 1.82) is 0 Å². The zero-order valence-electron chi connectivity index (χ0n) is 22.4. The summed E-state index contributed by atoms with van der Waals surface area (Å²) in [5.74, 6) is 1.05. The number of anilines is 1. The second kappa shape index (κ2) is 12.4. The van der Waals surface area contributed by atoms with Gasteiger partial charge in [-0.2, -0.15) is 4.31 Å². The largest absolute Gasteiger partial charge is 0.497 e. The SMILES string of the molecule is CCOc1cccc2sc(N(CCCN(C)C)C(=O)C3CCN(S(=O)(=O)c4ccc(OC)cc4)CC3)nc12. The number of carbonyl (C=O) groups excluding carboxylic acids is 1. The van der Waals surface area contributed by atoms with Gasteiger partial charge in [0.2, 0.25) is 15.9 Å². The van der Waals surface area contributed by atoms with Gasteiger partial charge >= 0.3 is 0 Å². The summed E-state index contributed by atoms with van der Waals surface area (Å²) in [5, 5.41) is 0.657. The third-order valence-electron chi connectivity index (χ3n) is 6.65. The van der Waals surface area contributed by atoms with Crippen LogP contribution in [0.25, 0.3) is 10.2 Å². The van der Waals surface area contributed by atoms with Crippen LogP contribution in [0, 0.1) is 5.92 Å². The number of hydrogen-bond donors (Lipinski definition) is 0. The third kappa shape index (κ3) is 6.28. The fraction of sp³-hybridized carbons (Fsp3) is 0.481. The Labute approximate surface area is 229 Å². The van der Waals surface area contributed by atoms with Crippen LogP contribution in [-0.4, -0.2) is 82.5 Å². The maximum absolute atomic E-state index is 13.8. The number of ether oxygens (including phenoxy) is 2. The van der Waals surface area contributed by atoms with Gasteiger partial charge in [-0.25, -0.2) is 13.4 Å². The zero-order chi connectivity index (χ0) is 27.3. The predicted molar refractivity (Wildman–Crippen MR) is 151 cm³/mol. The Morgan fingerprint density at radius 2 is 1.82 bits per heavy atom. The highest BCUT2D eigenvalue weighted by Gasteiger charge is 2.35. The van der Waals surface area contributed by atoms with Crippen LogP contribution in [0.4, 0.5) is 5.13 Å². The van der Waals surface area contributed by atoms with E-state index in [2.05, 4.69) is 4.90 Å². The molecule has 0 saturated carbocycles. The lowest BCUT2D eigenvalue weighted by atomic mass is 9.96. The molecule has 2 heterocycles. The Hall–Kier alpha value is -2.73. The molecule has 0 spiro atoms. The van der Waals surface area contributed by atoms with Gasteiger partial charge in [0.1, 0.15) is 17.0 Å². The van der Waals surface area contributed by atoms with Gasteiger partial charge in [-0.1, -0.05) is 17.4 Å². The minimum absolute atomic E-state index is 0.00210. The molecule has 3 aromatic rings. The van der Waals surface area contributed by atoms with E-state index in [1.54, 1.807) is 36.3 Å². The van der Waals surface area contributed by atoms with E-state index in [0.29, 0.717) is 55.7 Å². The van der Waals surface area contributed by atoms with Crippen molar-refractivity contribution in [2.24, 2.45) is 5.92 Å². The molecule has 9 nitrogen and oxygen atoms in total. The fourth-order valence-electron chi connectivity index (χ4n) is 4.60. The number of hydrogen-bond acceptors (Lipinski definition) is 8. The fourth-order valence-corrected chi connectivity index (χ4v) is 7.09. The summed E-state index contributed by atoms with van der Waals surface area (Å²) in [5.41, 5.74) is 0.764. The van der Waals surface area contributed by atoms with Gasteiger partial charge in [0.05, 0.1) is 23.3 Å². The molecule has 0 atom stereocenters. The summed E-state index contributed by atoms with van der Waals surface area (Å²) in [6.07, 6.45) is 1.73. The third-order valence-corrected chi connectivity index (χ3v) is 9.61. The van der Waals surface area contributed by atoms with Crippen molar-refractivity contribution < 1.29 is 22.7 Å². The minimum atomic E-state index is -3.64. The lowest BCUT2D eigenvalue weighted by molar-refractivity contribution is -0.123. The average Bonchev–Trinajstić information content (AvgIpc) is 3.36. The molecule has 1 amide bonds. The molecule has 0 unspecified atom stereocenters. The van der Waals surface area contributed by atoms with Crippen LogP contribution in [0.15, 0.2) is 47.4 Å². The van der Waals surface area contributed by atoms with E-state index in [-0.39, 0.29) is 16.7 Å². The number of carbonyl (C=O) groups is 1. The van der Waals surface area contributed by atoms with Gasteiger partial charge in [0.25, 0.3) is 0 Å². The van der Waals surface area contributed by atoms with Gasteiger partial charge in [0, 0.05) is 25.6 Å². The van der Waals surface area contributed by atoms with E-state index in [4.69, 9.17) is 14.5 Å². The Morgan fingerprint density at radius 3 is 2.45 bits per heavy atom. The van der Waals surface area contributed by atoms with Gasteiger partial charge in [-0.05, 0) is 83.2 Å². The zero-order valence-corrected chi connectivity index (χ0v) is 24.1. The lowest BCUT2D eigenvalue weighted by Crippen LogP contribution is -2.45. The number of nitrogens with zero attached hydrogens (tertiary/aromatic N) is 4. The highest BCUT2D eigenvalue weighted by molar-refractivity contribution is 7.89. The first-order valence-electron chi connectivity index (χ1n) is 12.9. The van der Waals surface area contributed by atoms with Crippen LogP contribution >= 0.6 is 11.3 Å². The van der Waals surface area contributed by atoms with Crippen molar-refractivity contribution in [2.45, 2.75) is 31.1 Å². The monoisotopic (exact) mass is 560 g/mol. The van der Waals surface area contributed by atoms with Crippen molar-refractivity contribution in [3.05, 3.63) is 42.5 Å². The lowest BCUT2D eigenvalue weighted by Gasteiger charge is -2.33. The summed E-state index contributed by atoms with van der Waals surface area (Å²) in [6, 6.07) is 12.2. The van der Waals surface area contributed by atoms with Crippen molar-refractivity contribution in [1.82, 2.24) is 14.2 Å². The summed E-state index contributed by atoms with van der Waals surface area (Å²) in [7, 11) is 1.93.